The van der Waals surface area contributed by atoms with Crippen LogP contribution in [0.4, 0.5) is 0 Å². The lowest BCUT2D eigenvalue weighted by molar-refractivity contribution is -0.108. The van der Waals surface area contributed by atoms with E-state index in [-0.39, 0.29) is 0 Å². The minimum Gasteiger partial charge on any atom is -0.316 e. The fourth-order valence-corrected chi connectivity index (χ4v) is 2.63. The summed E-state index contributed by atoms with van der Waals surface area (Å²) in [4.78, 5) is 10.4. The van der Waals surface area contributed by atoms with Gasteiger partial charge >= 0.3 is 0 Å². The number of aldehydes is 1. The molecular formula is C13H25NO. The highest BCUT2D eigenvalue weighted by Gasteiger charge is 2.23. The Labute approximate surface area is 93.8 Å². The van der Waals surface area contributed by atoms with Crippen molar-refractivity contribution in [2.45, 2.75) is 51.9 Å². The van der Waals surface area contributed by atoms with Crippen molar-refractivity contribution in [2.24, 2.45) is 11.8 Å². The van der Waals surface area contributed by atoms with E-state index in [1.807, 2.05) is 0 Å². The predicted molar refractivity (Wildman–Crippen MR) is 63.9 cm³/mol. The molecule has 1 rings (SSSR count). The van der Waals surface area contributed by atoms with Crippen molar-refractivity contribution in [1.82, 2.24) is 5.32 Å². The summed E-state index contributed by atoms with van der Waals surface area (Å²) in [6.07, 6.45) is 9.59. The van der Waals surface area contributed by atoms with E-state index in [2.05, 4.69) is 12.2 Å². The Balaban J connectivity index is 2.25. The zero-order valence-corrected chi connectivity index (χ0v) is 10.0. The molecule has 1 N–H and O–H groups in total. The number of piperidine rings is 1. The summed E-state index contributed by atoms with van der Waals surface area (Å²) in [6.45, 7) is 4.57. The van der Waals surface area contributed by atoms with Crippen molar-refractivity contribution < 1.29 is 4.79 Å². The van der Waals surface area contributed by atoms with Crippen LogP contribution in [-0.2, 0) is 4.79 Å². The van der Waals surface area contributed by atoms with Crippen molar-refractivity contribution in [3.05, 3.63) is 0 Å². The number of hydrogen-bond donors (Lipinski definition) is 1. The summed E-state index contributed by atoms with van der Waals surface area (Å²) in [7, 11) is 0. The second-order valence-electron chi connectivity index (χ2n) is 4.75. The Hall–Kier alpha value is -0.370. The molecule has 0 aromatic heterocycles. The van der Waals surface area contributed by atoms with E-state index in [0.717, 1.165) is 37.5 Å². The molecule has 0 spiro atoms. The number of hydrogen-bond acceptors (Lipinski definition) is 2. The first-order chi connectivity index (χ1) is 7.38. The Morgan fingerprint density at radius 2 is 2.13 bits per heavy atom. The highest BCUT2D eigenvalue weighted by atomic mass is 16.1. The van der Waals surface area contributed by atoms with Crippen LogP contribution in [0.3, 0.4) is 0 Å². The standard InChI is InChI=1S/C13H25NO/c1-2-3-4-6-13-11-14-9-8-12(13)7-5-10-15/h10,12-14H,2-9,11H2,1H3. The predicted octanol–water partition coefficient (Wildman–Crippen LogP) is 2.77. The van der Waals surface area contributed by atoms with Crippen molar-refractivity contribution in [3.63, 3.8) is 0 Å². The van der Waals surface area contributed by atoms with Gasteiger partial charge in [-0.25, -0.2) is 0 Å². The number of nitrogens with one attached hydrogen (secondary N) is 1. The summed E-state index contributed by atoms with van der Waals surface area (Å²) in [6, 6.07) is 0. The summed E-state index contributed by atoms with van der Waals surface area (Å²) in [5.41, 5.74) is 0. The molecule has 1 saturated heterocycles. The molecule has 2 unspecified atom stereocenters. The zero-order chi connectivity index (χ0) is 10.9. The lowest BCUT2D eigenvalue weighted by Gasteiger charge is -2.32. The minimum atomic E-state index is 0.759. The maximum atomic E-state index is 10.4. The van der Waals surface area contributed by atoms with Gasteiger partial charge in [-0.15, -0.1) is 0 Å². The Morgan fingerprint density at radius 1 is 1.27 bits per heavy atom. The van der Waals surface area contributed by atoms with Gasteiger partial charge in [0.25, 0.3) is 0 Å². The molecule has 0 aliphatic carbocycles. The van der Waals surface area contributed by atoms with Gasteiger partial charge in [0, 0.05) is 6.42 Å². The van der Waals surface area contributed by atoms with Crippen LogP contribution in [0.15, 0.2) is 0 Å². The first kappa shape index (κ1) is 12.7. The van der Waals surface area contributed by atoms with E-state index >= 15 is 0 Å². The molecule has 2 nitrogen and oxygen atoms in total. The van der Waals surface area contributed by atoms with Gasteiger partial charge in [-0.2, -0.15) is 0 Å². The third-order valence-electron chi connectivity index (χ3n) is 3.60. The van der Waals surface area contributed by atoms with Crippen LogP contribution in [0.5, 0.6) is 0 Å². The summed E-state index contributed by atoms with van der Waals surface area (Å²) < 4.78 is 0. The fraction of sp³-hybridized carbons (Fsp3) is 0.923. The minimum absolute atomic E-state index is 0.759. The largest absolute Gasteiger partial charge is 0.316 e. The second kappa shape index (κ2) is 7.86. The SMILES string of the molecule is CCCCCC1CNCCC1CCC=O. The normalized spacial score (nSPS) is 26.5. The fourth-order valence-electron chi connectivity index (χ4n) is 2.63. The van der Waals surface area contributed by atoms with Gasteiger partial charge in [-0.3, -0.25) is 0 Å². The quantitative estimate of drug-likeness (QED) is 0.518. The number of rotatable bonds is 7. The van der Waals surface area contributed by atoms with Gasteiger partial charge < -0.3 is 10.1 Å². The molecule has 1 aliphatic heterocycles. The van der Waals surface area contributed by atoms with Crippen molar-refractivity contribution >= 4 is 6.29 Å². The van der Waals surface area contributed by atoms with Gasteiger partial charge in [-0.05, 0) is 44.2 Å². The molecule has 1 fully saturated rings. The molecule has 0 bridgehead atoms. The molecule has 2 atom stereocenters. The third-order valence-corrected chi connectivity index (χ3v) is 3.60. The summed E-state index contributed by atoms with van der Waals surface area (Å²) in [5.74, 6) is 1.62. The van der Waals surface area contributed by atoms with Crippen LogP contribution in [-0.4, -0.2) is 19.4 Å². The first-order valence-corrected chi connectivity index (χ1v) is 6.52. The molecule has 1 heterocycles. The van der Waals surface area contributed by atoms with Crippen LogP contribution < -0.4 is 5.32 Å². The lowest BCUT2D eigenvalue weighted by atomic mass is 9.80. The number of unbranched alkanes of at least 4 members (excludes halogenated alkanes) is 2. The molecular weight excluding hydrogens is 186 g/mol. The molecule has 0 aromatic carbocycles. The lowest BCUT2D eigenvalue weighted by Crippen LogP contribution is -2.36. The molecule has 15 heavy (non-hydrogen) atoms. The maximum Gasteiger partial charge on any atom is 0.120 e. The molecule has 0 saturated carbocycles. The van der Waals surface area contributed by atoms with E-state index < -0.39 is 0 Å². The summed E-state index contributed by atoms with van der Waals surface area (Å²) in [5, 5.41) is 3.48. The van der Waals surface area contributed by atoms with Gasteiger partial charge in [0.1, 0.15) is 6.29 Å². The number of carbonyl (C=O) groups is 1. The molecule has 0 aromatic rings. The number of carbonyl (C=O) groups excluding carboxylic acids is 1. The molecule has 1 aliphatic rings. The maximum absolute atomic E-state index is 10.4. The zero-order valence-electron chi connectivity index (χ0n) is 10.0. The third kappa shape index (κ3) is 4.78. The van der Waals surface area contributed by atoms with Gasteiger partial charge in [-0.1, -0.05) is 26.2 Å². The smallest absolute Gasteiger partial charge is 0.120 e. The average molecular weight is 211 g/mol. The van der Waals surface area contributed by atoms with E-state index in [4.69, 9.17) is 0 Å². The Kier molecular flexibility index (Phi) is 6.66. The summed E-state index contributed by atoms with van der Waals surface area (Å²) >= 11 is 0. The van der Waals surface area contributed by atoms with Crippen LogP contribution in [0.1, 0.15) is 51.9 Å². The topological polar surface area (TPSA) is 29.1 Å². The van der Waals surface area contributed by atoms with Crippen molar-refractivity contribution in [1.29, 1.82) is 0 Å². The van der Waals surface area contributed by atoms with E-state index in [1.165, 1.54) is 38.6 Å². The molecule has 0 amide bonds. The van der Waals surface area contributed by atoms with E-state index in [9.17, 15) is 4.79 Å². The van der Waals surface area contributed by atoms with Gasteiger partial charge in [0.2, 0.25) is 0 Å². The van der Waals surface area contributed by atoms with Crippen LogP contribution >= 0.6 is 0 Å². The van der Waals surface area contributed by atoms with E-state index in [0.29, 0.717) is 0 Å². The molecule has 88 valence electrons. The van der Waals surface area contributed by atoms with Crippen LogP contribution in [0, 0.1) is 11.8 Å². The van der Waals surface area contributed by atoms with Gasteiger partial charge in [0.15, 0.2) is 0 Å². The second-order valence-corrected chi connectivity index (χ2v) is 4.75. The van der Waals surface area contributed by atoms with Crippen molar-refractivity contribution in [2.75, 3.05) is 13.1 Å². The average Bonchev–Trinajstić information content (AvgIpc) is 2.28. The Morgan fingerprint density at radius 3 is 2.87 bits per heavy atom. The highest BCUT2D eigenvalue weighted by Crippen LogP contribution is 2.27. The monoisotopic (exact) mass is 211 g/mol. The van der Waals surface area contributed by atoms with E-state index in [1.54, 1.807) is 0 Å². The van der Waals surface area contributed by atoms with Crippen LogP contribution in [0.25, 0.3) is 0 Å². The van der Waals surface area contributed by atoms with Crippen LogP contribution in [0.2, 0.25) is 0 Å². The Bertz CT molecular complexity index is 170. The highest BCUT2D eigenvalue weighted by molar-refractivity contribution is 5.49. The van der Waals surface area contributed by atoms with Crippen molar-refractivity contribution in [3.8, 4) is 0 Å². The first-order valence-electron chi connectivity index (χ1n) is 6.52. The van der Waals surface area contributed by atoms with Gasteiger partial charge in [0.05, 0.1) is 0 Å². The molecule has 0 radical (unpaired) electrons. The molecule has 2 heteroatoms.